The lowest BCUT2D eigenvalue weighted by Crippen LogP contribution is -2.12. The molecule has 0 heterocycles. The first-order valence-electron chi connectivity index (χ1n) is 14.9. The van der Waals surface area contributed by atoms with Crippen molar-refractivity contribution in [3.05, 3.63) is 157 Å². The molecule has 42 heavy (non-hydrogen) atoms. The summed E-state index contributed by atoms with van der Waals surface area (Å²) < 4.78 is 0. The number of anilines is 6. The van der Waals surface area contributed by atoms with Crippen LogP contribution < -0.4 is 9.80 Å². The summed E-state index contributed by atoms with van der Waals surface area (Å²) in [5.41, 5.74) is 9.68. The molecule has 0 saturated carbocycles. The van der Waals surface area contributed by atoms with Crippen LogP contribution in [0.15, 0.2) is 146 Å². The van der Waals surface area contributed by atoms with Crippen molar-refractivity contribution in [3.8, 4) is 0 Å². The number of nitrogens with zero attached hydrogens (tertiary/aromatic N) is 2. The van der Waals surface area contributed by atoms with Crippen LogP contribution in [0, 0.1) is 0 Å². The summed E-state index contributed by atoms with van der Waals surface area (Å²) in [5, 5.41) is 2.63. The number of hydrogen-bond donors (Lipinski definition) is 0. The summed E-state index contributed by atoms with van der Waals surface area (Å²) in [7, 11) is 0. The Bertz CT molecular complexity index is 1550. The van der Waals surface area contributed by atoms with Crippen LogP contribution in [0.4, 0.5) is 34.1 Å². The van der Waals surface area contributed by atoms with Gasteiger partial charge in [-0.1, -0.05) is 100 Å². The summed E-state index contributed by atoms with van der Waals surface area (Å²) >= 11 is 0. The Hall–Kier alpha value is -4.82. The molecule has 0 N–H and O–H groups in total. The molecule has 6 aromatic carbocycles. The molecule has 0 aliphatic heterocycles. The summed E-state index contributed by atoms with van der Waals surface area (Å²) in [5.74, 6) is 0.691. The van der Waals surface area contributed by atoms with Crippen molar-refractivity contribution in [1.82, 2.24) is 0 Å². The zero-order valence-corrected chi connectivity index (χ0v) is 24.9. The van der Waals surface area contributed by atoms with E-state index < -0.39 is 0 Å². The second kappa shape index (κ2) is 12.0. The van der Waals surface area contributed by atoms with E-state index in [1.165, 1.54) is 33.3 Å². The SMILES string of the molecule is CC(C)c1cc(N(c2ccccc2)c2ccccc2)cc2c(C(C)C)cc(N(c3ccccc3)c3ccccc3)cc12. The van der Waals surface area contributed by atoms with Gasteiger partial charge in [0.15, 0.2) is 0 Å². The summed E-state index contributed by atoms with van der Waals surface area (Å²) in [4.78, 5) is 4.76. The number of fused-ring (bicyclic) bond motifs is 1. The van der Waals surface area contributed by atoms with Gasteiger partial charge in [-0.25, -0.2) is 0 Å². The summed E-state index contributed by atoms with van der Waals surface area (Å²) in [6, 6.07) is 52.4. The normalized spacial score (nSPS) is 11.3. The zero-order valence-electron chi connectivity index (χ0n) is 24.9. The quantitative estimate of drug-likeness (QED) is 0.187. The van der Waals surface area contributed by atoms with E-state index in [1.54, 1.807) is 0 Å². The van der Waals surface area contributed by atoms with Crippen molar-refractivity contribution in [2.24, 2.45) is 0 Å². The van der Waals surface area contributed by atoms with Crippen molar-refractivity contribution in [2.75, 3.05) is 9.80 Å². The molecule has 0 amide bonds. The molecular weight excluding hydrogens is 508 g/mol. The van der Waals surface area contributed by atoms with Gasteiger partial charge in [0.25, 0.3) is 0 Å². The van der Waals surface area contributed by atoms with Gasteiger partial charge in [-0.15, -0.1) is 0 Å². The molecule has 0 fully saturated rings. The Labute approximate surface area is 250 Å². The van der Waals surface area contributed by atoms with E-state index in [1.807, 2.05) is 0 Å². The van der Waals surface area contributed by atoms with Gasteiger partial charge in [-0.05, 0) is 107 Å². The maximum absolute atomic E-state index is 2.40. The molecular formula is C40H38N2. The van der Waals surface area contributed by atoms with E-state index in [4.69, 9.17) is 0 Å². The first-order valence-corrected chi connectivity index (χ1v) is 14.9. The fourth-order valence-corrected chi connectivity index (χ4v) is 5.90. The van der Waals surface area contributed by atoms with Crippen molar-refractivity contribution < 1.29 is 0 Å². The fraction of sp³-hybridized carbons (Fsp3) is 0.150. The van der Waals surface area contributed by atoms with Crippen LogP contribution in [-0.2, 0) is 0 Å². The second-order valence-corrected chi connectivity index (χ2v) is 11.5. The van der Waals surface area contributed by atoms with Crippen molar-refractivity contribution >= 4 is 44.9 Å². The Kier molecular flexibility index (Phi) is 7.79. The highest BCUT2D eigenvalue weighted by Crippen LogP contribution is 2.44. The van der Waals surface area contributed by atoms with Crippen LogP contribution in [-0.4, -0.2) is 0 Å². The Morgan fingerprint density at radius 2 is 0.595 bits per heavy atom. The molecule has 0 spiro atoms. The molecule has 2 nitrogen and oxygen atoms in total. The zero-order chi connectivity index (χ0) is 29.1. The van der Waals surface area contributed by atoms with Crippen molar-refractivity contribution in [1.29, 1.82) is 0 Å². The van der Waals surface area contributed by atoms with Crippen LogP contribution in [0.3, 0.4) is 0 Å². The first kappa shape index (κ1) is 27.4. The number of rotatable bonds is 8. The van der Waals surface area contributed by atoms with E-state index >= 15 is 0 Å². The smallest absolute Gasteiger partial charge is 0.0470 e. The van der Waals surface area contributed by atoms with Gasteiger partial charge in [-0.2, -0.15) is 0 Å². The highest BCUT2D eigenvalue weighted by atomic mass is 15.1. The highest BCUT2D eigenvalue weighted by molar-refractivity contribution is 5.98. The first-order chi connectivity index (χ1) is 20.5. The third-order valence-corrected chi connectivity index (χ3v) is 7.92. The fourth-order valence-electron chi connectivity index (χ4n) is 5.90. The summed E-state index contributed by atoms with van der Waals surface area (Å²) in [6.07, 6.45) is 0. The van der Waals surface area contributed by atoms with Crippen LogP contribution >= 0.6 is 0 Å². The Morgan fingerprint density at radius 1 is 0.333 bits per heavy atom. The summed E-state index contributed by atoms with van der Waals surface area (Å²) in [6.45, 7) is 9.23. The van der Waals surface area contributed by atoms with Crippen LogP contribution in [0.1, 0.15) is 50.7 Å². The van der Waals surface area contributed by atoms with E-state index in [2.05, 4.69) is 183 Å². The topological polar surface area (TPSA) is 6.48 Å². The maximum Gasteiger partial charge on any atom is 0.0470 e. The van der Waals surface area contributed by atoms with E-state index in [9.17, 15) is 0 Å². The predicted octanol–water partition coefficient (Wildman–Crippen LogP) is 12.0. The average molecular weight is 547 g/mol. The molecule has 6 rings (SSSR count). The van der Waals surface area contributed by atoms with Crippen LogP contribution in [0.5, 0.6) is 0 Å². The molecule has 0 aliphatic carbocycles. The van der Waals surface area contributed by atoms with Crippen LogP contribution in [0.2, 0.25) is 0 Å². The van der Waals surface area contributed by atoms with Gasteiger partial charge in [0, 0.05) is 34.1 Å². The standard InChI is InChI=1S/C40H38N2/c1-29(2)37-25-35(41(31-17-9-5-10-18-31)32-19-11-6-12-20-32)28-40-38(30(3)4)26-36(27-39(37)40)42(33-21-13-7-14-22-33)34-23-15-8-16-24-34/h5-30H,1-4H3. The largest absolute Gasteiger partial charge is 0.310 e. The van der Waals surface area contributed by atoms with Gasteiger partial charge in [0.2, 0.25) is 0 Å². The average Bonchev–Trinajstić information content (AvgIpc) is 3.03. The molecule has 0 unspecified atom stereocenters. The van der Waals surface area contributed by atoms with Gasteiger partial charge in [-0.3, -0.25) is 0 Å². The minimum Gasteiger partial charge on any atom is -0.310 e. The molecule has 2 heteroatoms. The monoisotopic (exact) mass is 546 g/mol. The Morgan fingerprint density at radius 3 is 0.833 bits per heavy atom. The van der Waals surface area contributed by atoms with Gasteiger partial charge < -0.3 is 9.80 Å². The van der Waals surface area contributed by atoms with E-state index in [0.29, 0.717) is 11.8 Å². The number of hydrogen-bond acceptors (Lipinski definition) is 2. The lowest BCUT2D eigenvalue weighted by atomic mass is 9.88. The molecule has 0 aromatic heterocycles. The van der Waals surface area contributed by atoms with E-state index in [0.717, 1.165) is 22.7 Å². The van der Waals surface area contributed by atoms with Crippen molar-refractivity contribution in [3.63, 3.8) is 0 Å². The molecule has 0 aliphatic rings. The third-order valence-electron chi connectivity index (χ3n) is 7.92. The Balaban J connectivity index is 1.63. The molecule has 6 aromatic rings. The molecule has 0 saturated heterocycles. The minimum absolute atomic E-state index is 0.345. The second-order valence-electron chi connectivity index (χ2n) is 11.5. The molecule has 0 bridgehead atoms. The lowest BCUT2D eigenvalue weighted by Gasteiger charge is -2.30. The van der Waals surface area contributed by atoms with Crippen LogP contribution in [0.25, 0.3) is 10.8 Å². The lowest BCUT2D eigenvalue weighted by molar-refractivity contribution is 0.867. The molecule has 0 radical (unpaired) electrons. The molecule has 0 atom stereocenters. The maximum atomic E-state index is 2.40. The van der Waals surface area contributed by atoms with Gasteiger partial charge in [0.1, 0.15) is 0 Å². The van der Waals surface area contributed by atoms with E-state index in [-0.39, 0.29) is 0 Å². The predicted molar refractivity (Wildman–Crippen MR) is 181 cm³/mol. The minimum atomic E-state index is 0.345. The number of benzene rings is 6. The van der Waals surface area contributed by atoms with Crippen molar-refractivity contribution in [2.45, 2.75) is 39.5 Å². The number of para-hydroxylation sites is 4. The van der Waals surface area contributed by atoms with Gasteiger partial charge >= 0.3 is 0 Å². The molecule has 208 valence electrons. The third kappa shape index (κ3) is 5.41. The van der Waals surface area contributed by atoms with Gasteiger partial charge in [0.05, 0.1) is 0 Å². The highest BCUT2D eigenvalue weighted by Gasteiger charge is 2.21.